The zero-order valence-electron chi connectivity index (χ0n) is 22.1. The second-order valence-corrected chi connectivity index (χ2v) is 15.0. The van der Waals surface area contributed by atoms with Crippen LogP contribution in [0.2, 0.25) is 18.1 Å². The van der Waals surface area contributed by atoms with Crippen LogP contribution in [0.15, 0.2) is 0 Å². The van der Waals surface area contributed by atoms with Crippen LogP contribution >= 0.6 is 0 Å². The Morgan fingerprint density at radius 2 is 0.656 bits per heavy atom. The summed E-state index contributed by atoms with van der Waals surface area (Å²) in [4.78, 5) is 0. The van der Waals surface area contributed by atoms with E-state index in [9.17, 15) is 0 Å². The third-order valence-electron chi connectivity index (χ3n) is 6.35. The highest BCUT2D eigenvalue weighted by molar-refractivity contribution is 6.44. The number of hydrogen-bond acceptors (Lipinski definition) is 6. The second kappa shape index (κ2) is 21.9. The molecule has 0 aromatic rings. The van der Waals surface area contributed by atoms with Gasteiger partial charge in [-0.1, -0.05) is 64.7 Å². The number of rotatable bonds is 24. The van der Waals surface area contributed by atoms with Gasteiger partial charge in [0.15, 0.2) is 0 Å². The Morgan fingerprint density at radius 3 is 0.875 bits per heavy atom. The van der Waals surface area contributed by atoms with E-state index in [0.717, 1.165) is 18.1 Å². The molecule has 0 atom stereocenters. The van der Waals surface area contributed by atoms with Crippen LogP contribution in [0.25, 0.3) is 0 Å². The van der Waals surface area contributed by atoms with Crippen LogP contribution in [-0.4, -0.2) is 70.5 Å². The van der Waals surface area contributed by atoms with E-state index in [2.05, 4.69) is 6.92 Å². The van der Waals surface area contributed by atoms with Crippen LogP contribution in [-0.2, 0) is 26.6 Å². The lowest BCUT2D eigenvalue weighted by atomic mass is 9.76. The predicted molar refractivity (Wildman–Crippen MR) is 137 cm³/mol. The second-order valence-electron chi connectivity index (χ2n) is 8.83. The largest absolute Gasteiger partial charge is 0.397 e. The van der Waals surface area contributed by atoms with Crippen molar-refractivity contribution in [2.75, 3.05) is 42.7 Å². The first-order valence-electron chi connectivity index (χ1n) is 12.3. The monoisotopic (exact) mass is 507 g/mol. The molecule has 0 fully saturated rings. The predicted octanol–water partition coefficient (Wildman–Crippen LogP) is 6.02. The molecule has 0 amide bonds. The smallest absolute Gasteiger partial charge is 0.384 e. The molecule has 0 unspecified atom stereocenters. The highest BCUT2D eigenvalue weighted by atomic mass is 28.3. The average Bonchev–Trinajstić information content (AvgIpc) is 2.81. The summed E-state index contributed by atoms with van der Waals surface area (Å²) in [6, 6.07) is 3.25. The van der Waals surface area contributed by atoms with Gasteiger partial charge in [0.05, 0.1) is 0 Å². The molecular weight excluding hydrogens is 457 g/mol. The van der Waals surface area contributed by atoms with Crippen molar-refractivity contribution >= 4 is 27.9 Å². The molecule has 0 aliphatic carbocycles. The van der Waals surface area contributed by atoms with Crippen LogP contribution in [0, 0.1) is 5.41 Å². The maximum absolute atomic E-state index is 5.41. The van der Waals surface area contributed by atoms with Gasteiger partial charge in [0, 0.05) is 42.7 Å². The van der Waals surface area contributed by atoms with Gasteiger partial charge in [-0.25, -0.2) is 0 Å². The molecule has 0 saturated heterocycles. The lowest BCUT2D eigenvalue weighted by molar-refractivity contribution is 0.222. The fourth-order valence-corrected chi connectivity index (χ4v) is 7.57. The molecule has 0 aliphatic rings. The SMILES string of the molecule is CO[Si](CCCCCC(C)(CCCCC[Si](OC)OC)CCCCC[Si](OC)OC)OC. The van der Waals surface area contributed by atoms with Crippen LogP contribution in [0.3, 0.4) is 0 Å². The van der Waals surface area contributed by atoms with Gasteiger partial charge in [-0.15, -0.1) is 0 Å². The van der Waals surface area contributed by atoms with Crippen LogP contribution in [0.4, 0.5) is 0 Å². The van der Waals surface area contributed by atoms with Crippen LogP contribution in [0.5, 0.6) is 0 Å². The Morgan fingerprint density at radius 1 is 0.406 bits per heavy atom. The normalized spacial score (nSPS) is 12.6. The third kappa shape index (κ3) is 16.9. The molecule has 0 spiro atoms. The molecule has 0 aromatic carbocycles. The Hall–Kier alpha value is 0.411. The van der Waals surface area contributed by atoms with E-state index in [1.807, 2.05) is 0 Å². The summed E-state index contributed by atoms with van der Waals surface area (Å²) in [5.41, 5.74) is 0.447. The van der Waals surface area contributed by atoms with Gasteiger partial charge in [0.25, 0.3) is 0 Å². The molecule has 0 aliphatic heterocycles. The lowest BCUT2D eigenvalue weighted by Crippen LogP contribution is -2.20. The van der Waals surface area contributed by atoms with Gasteiger partial charge in [0.1, 0.15) is 0 Å². The molecule has 32 heavy (non-hydrogen) atoms. The molecular formula is C23H51O6Si3. The number of unbranched alkanes of at least 4 members (excludes halogenated alkanes) is 6. The molecule has 0 heterocycles. The Balaban J connectivity index is 4.36. The quantitative estimate of drug-likeness (QED) is 0.118. The van der Waals surface area contributed by atoms with Gasteiger partial charge < -0.3 is 26.6 Å². The van der Waals surface area contributed by atoms with Crippen molar-refractivity contribution in [2.24, 2.45) is 5.41 Å². The molecule has 0 N–H and O–H groups in total. The molecule has 0 rings (SSSR count). The minimum absolute atomic E-state index is 0.447. The van der Waals surface area contributed by atoms with Crippen molar-refractivity contribution < 1.29 is 26.6 Å². The fourth-order valence-electron chi connectivity index (χ4n) is 4.23. The van der Waals surface area contributed by atoms with Gasteiger partial charge in [0.2, 0.25) is 0 Å². The summed E-state index contributed by atoms with van der Waals surface area (Å²) < 4.78 is 32.5. The summed E-state index contributed by atoms with van der Waals surface area (Å²) >= 11 is 0. The summed E-state index contributed by atoms with van der Waals surface area (Å²) in [7, 11) is 7.48. The lowest BCUT2D eigenvalue weighted by Gasteiger charge is -2.30. The molecule has 0 bridgehead atoms. The zero-order chi connectivity index (χ0) is 24.1. The van der Waals surface area contributed by atoms with E-state index in [1.165, 1.54) is 77.0 Å². The molecule has 191 valence electrons. The zero-order valence-corrected chi connectivity index (χ0v) is 25.1. The van der Waals surface area contributed by atoms with Gasteiger partial charge in [-0.3, -0.25) is 0 Å². The molecule has 0 saturated carbocycles. The fraction of sp³-hybridized carbons (Fsp3) is 1.00. The van der Waals surface area contributed by atoms with Crippen molar-refractivity contribution in [2.45, 2.75) is 102 Å². The molecule has 9 heteroatoms. The van der Waals surface area contributed by atoms with Crippen molar-refractivity contribution in [3.63, 3.8) is 0 Å². The van der Waals surface area contributed by atoms with Crippen molar-refractivity contribution in [3.05, 3.63) is 0 Å². The summed E-state index contributed by atoms with van der Waals surface area (Å²) in [6.07, 6.45) is 15.4. The minimum atomic E-state index is -1.04. The first-order chi connectivity index (χ1) is 15.5. The maximum atomic E-state index is 5.41. The average molecular weight is 508 g/mol. The highest BCUT2D eigenvalue weighted by Gasteiger charge is 2.23. The Kier molecular flexibility index (Phi) is 22.2. The summed E-state index contributed by atoms with van der Waals surface area (Å²) in [5.74, 6) is 0. The van der Waals surface area contributed by atoms with E-state index in [4.69, 9.17) is 26.6 Å². The van der Waals surface area contributed by atoms with E-state index >= 15 is 0 Å². The van der Waals surface area contributed by atoms with E-state index in [0.29, 0.717) is 5.41 Å². The van der Waals surface area contributed by atoms with Gasteiger partial charge in [-0.05, 0) is 42.8 Å². The van der Waals surface area contributed by atoms with Crippen molar-refractivity contribution in [3.8, 4) is 0 Å². The van der Waals surface area contributed by atoms with Crippen molar-refractivity contribution in [1.29, 1.82) is 0 Å². The molecule has 0 aromatic heterocycles. The standard InChI is InChI=1S/C23H51O6Si3/c1-23(17-11-8-14-20-30(24-2)25-3,18-12-9-15-21-31(26-4)27-5)19-13-10-16-22-32(28-6)29-7/h8-22H2,1-7H3. The number of hydrogen-bond donors (Lipinski definition) is 0. The van der Waals surface area contributed by atoms with Crippen molar-refractivity contribution in [1.82, 2.24) is 0 Å². The molecule has 6 nitrogen and oxygen atoms in total. The summed E-state index contributed by atoms with van der Waals surface area (Å²) in [5, 5.41) is 0. The molecule has 3 radical (unpaired) electrons. The Bertz CT molecular complexity index is 339. The first-order valence-corrected chi connectivity index (χ1v) is 16.9. The van der Waals surface area contributed by atoms with Crippen LogP contribution in [0.1, 0.15) is 84.0 Å². The summed E-state index contributed by atoms with van der Waals surface area (Å²) in [6.45, 7) is 2.52. The van der Waals surface area contributed by atoms with E-state index in [-0.39, 0.29) is 0 Å². The van der Waals surface area contributed by atoms with E-state index < -0.39 is 27.9 Å². The first kappa shape index (κ1) is 32.4. The topological polar surface area (TPSA) is 55.4 Å². The van der Waals surface area contributed by atoms with Gasteiger partial charge in [-0.2, -0.15) is 0 Å². The Labute approximate surface area is 204 Å². The van der Waals surface area contributed by atoms with Crippen LogP contribution < -0.4 is 0 Å². The highest BCUT2D eigenvalue weighted by Crippen LogP contribution is 2.37. The van der Waals surface area contributed by atoms with Gasteiger partial charge >= 0.3 is 27.9 Å². The maximum Gasteiger partial charge on any atom is 0.384 e. The minimum Gasteiger partial charge on any atom is -0.397 e. The van der Waals surface area contributed by atoms with E-state index in [1.54, 1.807) is 42.7 Å². The third-order valence-corrected chi connectivity index (χ3v) is 11.4.